The molecule has 146 valence electrons. The largest absolute Gasteiger partial charge is 0.355 e. The summed E-state index contributed by atoms with van der Waals surface area (Å²) in [6.07, 6.45) is 9.37. The number of carbonyl (C=O) groups is 1. The summed E-state index contributed by atoms with van der Waals surface area (Å²) in [5.74, 6) is 2.64. The zero-order chi connectivity index (χ0) is 18.6. The van der Waals surface area contributed by atoms with E-state index >= 15 is 0 Å². The van der Waals surface area contributed by atoms with Gasteiger partial charge in [0.25, 0.3) is 0 Å². The van der Waals surface area contributed by atoms with E-state index in [1.165, 1.54) is 32.1 Å². The highest BCUT2D eigenvalue weighted by atomic mass is 16.1. The Morgan fingerprint density at radius 2 is 1.89 bits per heavy atom. The second kappa shape index (κ2) is 8.23. The third-order valence-corrected chi connectivity index (χ3v) is 5.97. The van der Waals surface area contributed by atoms with Crippen molar-refractivity contribution < 1.29 is 4.79 Å². The predicted molar refractivity (Wildman–Crippen MR) is 105 cm³/mol. The minimum atomic E-state index is 0.111. The van der Waals surface area contributed by atoms with Gasteiger partial charge in [-0.05, 0) is 43.7 Å². The maximum absolute atomic E-state index is 12.3. The van der Waals surface area contributed by atoms with Gasteiger partial charge in [-0.1, -0.05) is 26.2 Å². The summed E-state index contributed by atoms with van der Waals surface area (Å²) in [5, 5.41) is 16.4. The molecule has 0 atom stereocenters. The summed E-state index contributed by atoms with van der Waals surface area (Å²) in [6, 6.07) is 4.35. The minimum absolute atomic E-state index is 0.111. The van der Waals surface area contributed by atoms with Gasteiger partial charge in [-0.2, -0.15) is 4.52 Å². The van der Waals surface area contributed by atoms with Crippen LogP contribution in [0.25, 0.3) is 5.65 Å². The molecule has 0 aromatic carbocycles. The molecular weight excluding hydrogens is 340 g/mol. The van der Waals surface area contributed by atoms with E-state index in [1.54, 1.807) is 4.52 Å². The van der Waals surface area contributed by atoms with Crippen molar-refractivity contribution in [2.45, 2.75) is 70.8 Å². The Labute approximate surface area is 160 Å². The minimum Gasteiger partial charge on any atom is -0.355 e. The van der Waals surface area contributed by atoms with Crippen LogP contribution in [0, 0.1) is 5.92 Å². The topological polar surface area (TPSA) is 75.4 Å². The molecule has 3 heterocycles. The zero-order valence-corrected chi connectivity index (χ0v) is 16.2. The third-order valence-electron chi connectivity index (χ3n) is 5.97. The van der Waals surface area contributed by atoms with Crippen LogP contribution in [0.2, 0.25) is 0 Å². The van der Waals surface area contributed by atoms with Crippen molar-refractivity contribution in [3.8, 4) is 0 Å². The standard InChI is InChI=1S/C20H30N6O/c1-15-11-13-25(14-12-15)19-8-7-17-22-23-18(26(17)24-19)9-10-20(27)21-16-5-3-2-4-6-16/h7-8,15-16H,2-6,9-14H2,1H3,(H,21,27). The zero-order valence-electron chi connectivity index (χ0n) is 16.2. The average Bonchev–Trinajstić information content (AvgIpc) is 3.10. The van der Waals surface area contributed by atoms with Crippen LogP contribution in [0.3, 0.4) is 0 Å². The van der Waals surface area contributed by atoms with Crippen molar-refractivity contribution in [3.05, 3.63) is 18.0 Å². The highest BCUT2D eigenvalue weighted by Gasteiger charge is 2.19. The van der Waals surface area contributed by atoms with Crippen LogP contribution in [0.4, 0.5) is 5.82 Å². The van der Waals surface area contributed by atoms with Gasteiger partial charge < -0.3 is 10.2 Å². The number of aryl methyl sites for hydroxylation is 1. The normalized spacial score (nSPS) is 19.5. The van der Waals surface area contributed by atoms with E-state index in [2.05, 4.69) is 27.3 Å². The van der Waals surface area contributed by atoms with E-state index in [4.69, 9.17) is 5.10 Å². The predicted octanol–water partition coefficient (Wildman–Crippen LogP) is 2.74. The summed E-state index contributed by atoms with van der Waals surface area (Å²) >= 11 is 0. The number of aromatic nitrogens is 4. The van der Waals surface area contributed by atoms with Crippen LogP contribution < -0.4 is 10.2 Å². The molecule has 1 amide bonds. The van der Waals surface area contributed by atoms with E-state index < -0.39 is 0 Å². The number of hydrogen-bond donors (Lipinski definition) is 1. The van der Waals surface area contributed by atoms with Gasteiger partial charge in [-0.25, -0.2) is 0 Å². The van der Waals surface area contributed by atoms with Crippen molar-refractivity contribution in [2.75, 3.05) is 18.0 Å². The van der Waals surface area contributed by atoms with E-state index in [-0.39, 0.29) is 5.91 Å². The lowest BCUT2D eigenvalue weighted by molar-refractivity contribution is -0.122. The number of anilines is 1. The lowest BCUT2D eigenvalue weighted by atomic mass is 9.95. The summed E-state index contributed by atoms with van der Waals surface area (Å²) < 4.78 is 1.81. The molecule has 7 heteroatoms. The number of amides is 1. The molecule has 0 radical (unpaired) electrons. The van der Waals surface area contributed by atoms with E-state index in [1.807, 2.05) is 12.1 Å². The molecular formula is C20H30N6O. The first-order valence-corrected chi connectivity index (χ1v) is 10.4. The Bertz CT molecular complexity index is 774. The molecule has 1 N–H and O–H groups in total. The van der Waals surface area contributed by atoms with Crippen LogP contribution >= 0.6 is 0 Å². The first-order valence-electron chi connectivity index (χ1n) is 10.4. The van der Waals surface area contributed by atoms with Gasteiger partial charge in [0, 0.05) is 32.0 Å². The van der Waals surface area contributed by atoms with E-state index in [9.17, 15) is 4.79 Å². The number of fused-ring (bicyclic) bond motifs is 1. The highest BCUT2D eigenvalue weighted by molar-refractivity contribution is 5.76. The SMILES string of the molecule is CC1CCN(c2ccc3nnc(CCC(=O)NC4CCCCC4)n3n2)CC1. The van der Waals surface area contributed by atoms with Crippen molar-refractivity contribution in [1.29, 1.82) is 0 Å². The molecule has 2 aromatic rings. The van der Waals surface area contributed by atoms with Gasteiger partial charge in [0.1, 0.15) is 5.82 Å². The number of nitrogens with zero attached hydrogens (tertiary/aromatic N) is 5. The molecule has 4 rings (SSSR count). The molecule has 0 spiro atoms. The number of nitrogens with one attached hydrogen (secondary N) is 1. The Kier molecular flexibility index (Phi) is 5.55. The molecule has 1 saturated carbocycles. The quantitative estimate of drug-likeness (QED) is 0.876. The molecule has 27 heavy (non-hydrogen) atoms. The molecule has 7 nitrogen and oxygen atoms in total. The second-order valence-electron chi connectivity index (χ2n) is 8.15. The Morgan fingerprint density at radius 3 is 2.67 bits per heavy atom. The number of rotatable bonds is 5. The average molecular weight is 371 g/mol. The first-order chi connectivity index (χ1) is 13.2. The van der Waals surface area contributed by atoms with Crippen molar-refractivity contribution in [2.24, 2.45) is 5.92 Å². The Hall–Kier alpha value is -2.18. The van der Waals surface area contributed by atoms with Gasteiger partial charge >= 0.3 is 0 Å². The van der Waals surface area contributed by atoms with Crippen LogP contribution in [-0.2, 0) is 11.2 Å². The van der Waals surface area contributed by atoms with Crippen molar-refractivity contribution in [1.82, 2.24) is 25.1 Å². The highest BCUT2D eigenvalue weighted by Crippen LogP contribution is 2.22. The van der Waals surface area contributed by atoms with Crippen LogP contribution in [0.1, 0.15) is 64.1 Å². The van der Waals surface area contributed by atoms with E-state index in [0.29, 0.717) is 18.9 Å². The smallest absolute Gasteiger partial charge is 0.220 e. The van der Waals surface area contributed by atoms with E-state index in [0.717, 1.165) is 49.1 Å². The fraction of sp³-hybridized carbons (Fsp3) is 0.700. The Morgan fingerprint density at radius 1 is 1.11 bits per heavy atom. The fourth-order valence-corrected chi connectivity index (χ4v) is 4.16. The first kappa shape index (κ1) is 18.2. The second-order valence-corrected chi connectivity index (χ2v) is 8.15. The lowest BCUT2D eigenvalue weighted by Crippen LogP contribution is -2.36. The maximum atomic E-state index is 12.3. The van der Waals surface area contributed by atoms with Gasteiger partial charge in [0.15, 0.2) is 11.5 Å². The molecule has 2 aliphatic rings. The summed E-state index contributed by atoms with van der Waals surface area (Å²) in [7, 11) is 0. The van der Waals surface area contributed by atoms with Gasteiger partial charge in [0.2, 0.25) is 5.91 Å². The summed E-state index contributed by atoms with van der Waals surface area (Å²) in [4.78, 5) is 14.6. The van der Waals surface area contributed by atoms with Crippen LogP contribution in [-0.4, -0.2) is 44.8 Å². The van der Waals surface area contributed by atoms with Crippen molar-refractivity contribution in [3.63, 3.8) is 0 Å². The molecule has 1 saturated heterocycles. The summed E-state index contributed by atoms with van der Waals surface area (Å²) in [5.41, 5.74) is 0.742. The van der Waals surface area contributed by atoms with Crippen LogP contribution in [0.15, 0.2) is 12.1 Å². The van der Waals surface area contributed by atoms with Gasteiger partial charge in [-0.3, -0.25) is 4.79 Å². The van der Waals surface area contributed by atoms with Gasteiger partial charge in [-0.15, -0.1) is 15.3 Å². The molecule has 1 aliphatic carbocycles. The van der Waals surface area contributed by atoms with Crippen LogP contribution in [0.5, 0.6) is 0 Å². The fourth-order valence-electron chi connectivity index (χ4n) is 4.16. The molecule has 2 aromatic heterocycles. The number of piperidine rings is 1. The van der Waals surface area contributed by atoms with Crippen molar-refractivity contribution >= 4 is 17.4 Å². The maximum Gasteiger partial charge on any atom is 0.220 e. The number of carbonyl (C=O) groups excluding carboxylic acids is 1. The third kappa shape index (κ3) is 4.39. The lowest BCUT2D eigenvalue weighted by Gasteiger charge is -2.30. The molecule has 0 bridgehead atoms. The monoisotopic (exact) mass is 370 g/mol. The molecule has 2 fully saturated rings. The molecule has 1 aliphatic heterocycles. The number of hydrogen-bond acceptors (Lipinski definition) is 5. The Balaban J connectivity index is 1.39. The van der Waals surface area contributed by atoms with Gasteiger partial charge in [0.05, 0.1) is 0 Å². The molecule has 0 unspecified atom stereocenters. The summed E-state index contributed by atoms with van der Waals surface area (Å²) in [6.45, 7) is 4.39.